The molecule has 0 aromatic heterocycles. The largest absolute Gasteiger partial charge is 0.493 e. The number of allylic oxidation sites excluding steroid dienone is 1. The second-order valence-electron chi connectivity index (χ2n) is 9.12. The monoisotopic (exact) mass is 596 g/mol. The van der Waals surface area contributed by atoms with Crippen LogP contribution in [0.15, 0.2) is 103 Å². The molecule has 8 nitrogen and oxygen atoms in total. The Kier molecular flexibility index (Phi) is 10.3. The number of ketones is 1. The van der Waals surface area contributed by atoms with Crippen LogP contribution in [0.25, 0.3) is 12.2 Å². The maximum Gasteiger partial charge on any atom is 0.272 e. The highest BCUT2D eigenvalue weighted by Gasteiger charge is 2.16. The van der Waals surface area contributed by atoms with E-state index in [1.54, 1.807) is 97.1 Å². The summed E-state index contributed by atoms with van der Waals surface area (Å²) in [5, 5.41) is 5.94. The van der Waals surface area contributed by atoms with Crippen LogP contribution in [-0.4, -0.2) is 38.9 Å². The van der Waals surface area contributed by atoms with Crippen LogP contribution >= 0.6 is 11.6 Å². The smallest absolute Gasteiger partial charge is 0.272 e. The summed E-state index contributed by atoms with van der Waals surface area (Å²) in [6.45, 7) is 0. The molecule has 0 aliphatic rings. The molecule has 0 saturated carbocycles. The first-order chi connectivity index (χ1) is 20.8. The number of rotatable bonds is 11. The van der Waals surface area contributed by atoms with Gasteiger partial charge < -0.3 is 24.8 Å². The zero-order valence-corrected chi connectivity index (χ0v) is 24.5. The number of benzene rings is 4. The number of hydrogen-bond acceptors (Lipinski definition) is 6. The zero-order chi connectivity index (χ0) is 30.8. The van der Waals surface area contributed by atoms with Gasteiger partial charge in [-0.3, -0.25) is 14.4 Å². The Morgan fingerprint density at radius 1 is 0.721 bits per heavy atom. The fourth-order valence-corrected chi connectivity index (χ4v) is 4.29. The highest BCUT2D eigenvalue weighted by atomic mass is 35.5. The van der Waals surface area contributed by atoms with Gasteiger partial charge in [0.25, 0.3) is 11.8 Å². The van der Waals surface area contributed by atoms with Gasteiger partial charge in [-0.25, -0.2) is 0 Å². The van der Waals surface area contributed by atoms with Gasteiger partial charge in [-0.15, -0.1) is 0 Å². The molecule has 0 saturated heterocycles. The van der Waals surface area contributed by atoms with Crippen molar-refractivity contribution in [3.63, 3.8) is 0 Å². The lowest BCUT2D eigenvalue weighted by Crippen LogP contribution is -2.30. The van der Waals surface area contributed by atoms with Gasteiger partial charge in [0.05, 0.1) is 21.3 Å². The Hall–Kier alpha value is -5.34. The molecule has 0 radical (unpaired) electrons. The van der Waals surface area contributed by atoms with Crippen molar-refractivity contribution in [2.24, 2.45) is 0 Å². The molecule has 218 valence electrons. The van der Waals surface area contributed by atoms with Crippen LogP contribution in [0.1, 0.15) is 31.8 Å². The Balaban J connectivity index is 1.49. The minimum Gasteiger partial charge on any atom is -0.493 e. The number of hydrogen-bond donors (Lipinski definition) is 2. The predicted molar refractivity (Wildman–Crippen MR) is 168 cm³/mol. The van der Waals surface area contributed by atoms with Gasteiger partial charge in [-0.1, -0.05) is 48.0 Å². The molecule has 4 rings (SSSR count). The van der Waals surface area contributed by atoms with Gasteiger partial charge in [0.2, 0.25) is 5.75 Å². The van der Waals surface area contributed by atoms with Crippen molar-refractivity contribution in [1.29, 1.82) is 0 Å². The average Bonchev–Trinajstić information content (AvgIpc) is 3.03. The van der Waals surface area contributed by atoms with E-state index in [9.17, 15) is 14.4 Å². The summed E-state index contributed by atoms with van der Waals surface area (Å²) in [5.74, 6) is 0.157. The van der Waals surface area contributed by atoms with E-state index >= 15 is 0 Å². The molecule has 0 unspecified atom stereocenters. The number of halogens is 1. The third kappa shape index (κ3) is 8.12. The molecule has 0 heterocycles. The van der Waals surface area contributed by atoms with Gasteiger partial charge in [0.1, 0.15) is 5.70 Å². The number of carbonyl (C=O) groups excluding carboxylic acids is 3. The van der Waals surface area contributed by atoms with Gasteiger partial charge in [-0.2, -0.15) is 0 Å². The van der Waals surface area contributed by atoms with E-state index in [1.165, 1.54) is 33.5 Å². The van der Waals surface area contributed by atoms with Crippen molar-refractivity contribution in [1.82, 2.24) is 5.32 Å². The molecular weight excluding hydrogens is 568 g/mol. The third-order valence-corrected chi connectivity index (χ3v) is 6.47. The summed E-state index contributed by atoms with van der Waals surface area (Å²) in [6, 6.07) is 25.3. The van der Waals surface area contributed by atoms with Crippen LogP contribution < -0.4 is 24.8 Å². The molecule has 0 aliphatic heterocycles. The van der Waals surface area contributed by atoms with E-state index in [-0.39, 0.29) is 11.5 Å². The van der Waals surface area contributed by atoms with Crippen LogP contribution in [0.4, 0.5) is 5.69 Å². The fraction of sp³-hybridized carbons (Fsp3) is 0.0882. The molecule has 9 heteroatoms. The Bertz CT molecular complexity index is 1660. The molecule has 43 heavy (non-hydrogen) atoms. The summed E-state index contributed by atoms with van der Waals surface area (Å²) >= 11 is 6.11. The zero-order valence-electron chi connectivity index (χ0n) is 23.7. The van der Waals surface area contributed by atoms with E-state index < -0.39 is 11.8 Å². The summed E-state index contributed by atoms with van der Waals surface area (Å²) in [4.78, 5) is 38.9. The fourth-order valence-electron chi connectivity index (χ4n) is 4.09. The van der Waals surface area contributed by atoms with Crippen LogP contribution in [0.2, 0.25) is 5.02 Å². The molecule has 2 amide bonds. The van der Waals surface area contributed by atoms with Gasteiger partial charge in [0, 0.05) is 21.8 Å². The van der Waals surface area contributed by atoms with Gasteiger partial charge in [0.15, 0.2) is 17.3 Å². The number of ether oxygens (including phenoxy) is 3. The Morgan fingerprint density at radius 2 is 1.40 bits per heavy atom. The quantitative estimate of drug-likeness (QED) is 0.148. The summed E-state index contributed by atoms with van der Waals surface area (Å²) in [6.07, 6.45) is 4.61. The second kappa shape index (κ2) is 14.5. The van der Waals surface area contributed by atoms with Gasteiger partial charge >= 0.3 is 0 Å². The first-order valence-corrected chi connectivity index (χ1v) is 13.5. The third-order valence-electron chi connectivity index (χ3n) is 6.23. The van der Waals surface area contributed by atoms with Crippen molar-refractivity contribution in [2.45, 2.75) is 0 Å². The van der Waals surface area contributed by atoms with Crippen molar-refractivity contribution >= 4 is 47.0 Å². The summed E-state index contributed by atoms with van der Waals surface area (Å²) < 4.78 is 16.1. The van der Waals surface area contributed by atoms with Gasteiger partial charge in [-0.05, 0) is 83.9 Å². The summed E-state index contributed by atoms with van der Waals surface area (Å²) in [7, 11) is 4.55. The number of nitrogens with one attached hydrogen (secondary N) is 2. The highest BCUT2D eigenvalue weighted by molar-refractivity contribution is 6.30. The standard InChI is InChI=1S/C34H29ClN2O6/c1-41-30-20-23(21-31(42-2)32(30)43-3)12-17-29(38)24-13-15-27(16-14-24)36-34(40)28(19-22-8-7-11-26(35)18-22)37-33(39)25-9-5-4-6-10-25/h4-21H,1-3H3,(H,36,40)(H,37,39)/b17-12+,28-19-. The molecule has 2 N–H and O–H groups in total. The maximum absolute atomic E-state index is 13.3. The van der Waals surface area contributed by atoms with Crippen molar-refractivity contribution < 1.29 is 28.6 Å². The van der Waals surface area contributed by atoms with E-state index in [0.29, 0.717) is 50.2 Å². The molecule has 0 aliphatic carbocycles. The maximum atomic E-state index is 13.3. The van der Waals surface area contributed by atoms with Crippen molar-refractivity contribution in [2.75, 3.05) is 26.6 Å². The normalized spacial score (nSPS) is 11.1. The van der Waals surface area contributed by atoms with Crippen LogP contribution in [0.5, 0.6) is 17.2 Å². The molecule has 0 bridgehead atoms. The number of carbonyl (C=O) groups is 3. The first-order valence-electron chi connectivity index (χ1n) is 13.1. The van der Waals surface area contributed by atoms with Crippen LogP contribution in [0, 0.1) is 0 Å². The Labute approximate surface area is 254 Å². The molecule has 4 aromatic carbocycles. The minimum atomic E-state index is -0.550. The predicted octanol–water partition coefficient (Wildman–Crippen LogP) is 6.67. The van der Waals surface area contributed by atoms with Crippen molar-refractivity contribution in [3.05, 3.63) is 130 Å². The number of anilines is 1. The SMILES string of the molecule is COc1cc(/C=C/C(=O)c2ccc(NC(=O)/C(=C/c3cccc(Cl)c3)NC(=O)c3ccccc3)cc2)cc(OC)c1OC. The van der Waals surface area contributed by atoms with Crippen molar-refractivity contribution in [3.8, 4) is 17.2 Å². The molecule has 0 spiro atoms. The van der Waals surface area contributed by atoms with E-state index in [0.717, 1.165) is 0 Å². The molecule has 0 fully saturated rings. The van der Waals surface area contributed by atoms with E-state index in [2.05, 4.69) is 10.6 Å². The lowest BCUT2D eigenvalue weighted by Gasteiger charge is -2.12. The topological polar surface area (TPSA) is 103 Å². The van der Waals surface area contributed by atoms with E-state index in [4.69, 9.17) is 25.8 Å². The average molecular weight is 597 g/mol. The lowest BCUT2D eigenvalue weighted by atomic mass is 10.1. The lowest BCUT2D eigenvalue weighted by molar-refractivity contribution is -0.113. The molecule has 4 aromatic rings. The molecular formula is C34H29ClN2O6. The van der Waals surface area contributed by atoms with Crippen LogP contribution in [-0.2, 0) is 4.79 Å². The number of methoxy groups -OCH3 is 3. The minimum absolute atomic E-state index is 0.0181. The number of amides is 2. The molecule has 0 atom stereocenters. The first kappa shape index (κ1) is 30.6. The highest BCUT2D eigenvalue weighted by Crippen LogP contribution is 2.38. The van der Waals surface area contributed by atoms with E-state index in [1.807, 2.05) is 0 Å². The summed E-state index contributed by atoms with van der Waals surface area (Å²) in [5.41, 5.74) is 2.57. The Morgan fingerprint density at radius 3 is 2.00 bits per heavy atom. The second-order valence-corrected chi connectivity index (χ2v) is 9.56. The van der Waals surface area contributed by atoms with Crippen LogP contribution in [0.3, 0.4) is 0 Å².